The van der Waals surface area contributed by atoms with E-state index in [0.29, 0.717) is 34.2 Å². The van der Waals surface area contributed by atoms with Crippen molar-refractivity contribution in [3.63, 3.8) is 0 Å². The number of amides is 1. The Labute approximate surface area is 197 Å². The number of benzene rings is 2. The molecule has 2 aromatic carbocycles. The number of halogens is 1. The summed E-state index contributed by atoms with van der Waals surface area (Å²) in [5.41, 5.74) is 4.96. The molecule has 2 heterocycles. The lowest BCUT2D eigenvalue weighted by molar-refractivity contribution is 0.102. The molecule has 0 radical (unpaired) electrons. The van der Waals surface area contributed by atoms with Gasteiger partial charge in [-0.1, -0.05) is 48.0 Å². The van der Waals surface area contributed by atoms with Crippen LogP contribution >= 0.6 is 11.6 Å². The lowest BCUT2D eigenvalue weighted by atomic mass is 10.0. The first-order valence-electron chi connectivity index (χ1n) is 10.6. The van der Waals surface area contributed by atoms with Gasteiger partial charge < -0.3 is 9.88 Å². The number of hydrogen-bond donors (Lipinski definition) is 1. The Kier molecular flexibility index (Phi) is 6.43. The minimum absolute atomic E-state index is 0.0468. The van der Waals surface area contributed by atoms with Crippen molar-refractivity contribution >= 4 is 23.2 Å². The second kappa shape index (κ2) is 9.43. The summed E-state index contributed by atoms with van der Waals surface area (Å²) in [6.07, 6.45) is 1.72. The lowest BCUT2D eigenvalue weighted by Gasteiger charge is -2.21. The molecule has 33 heavy (non-hydrogen) atoms. The molecule has 0 aliphatic rings. The monoisotopic (exact) mass is 457 g/mol. The minimum Gasteiger partial charge on any atom is -0.338 e. The Hall–Kier alpha value is -3.70. The zero-order chi connectivity index (χ0) is 23.5. The Bertz CT molecular complexity index is 1390. The van der Waals surface area contributed by atoms with Crippen molar-refractivity contribution in [3.8, 4) is 11.3 Å². The number of pyridine rings is 2. The SMILES string of the molecule is Cc1cccc(NC(=O)c2c(-c3ccccc3Cl)n(Cc3ccccn3)c(C)cc2=O)c1C. The van der Waals surface area contributed by atoms with Gasteiger partial charge in [-0.3, -0.25) is 14.6 Å². The second-order valence-electron chi connectivity index (χ2n) is 7.96. The second-order valence-corrected chi connectivity index (χ2v) is 8.37. The maximum Gasteiger partial charge on any atom is 0.261 e. The molecule has 0 saturated heterocycles. The van der Waals surface area contributed by atoms with Gasteiger partial charge >= 0.3 is 0 Å². The topological polar surface area (TPSA) is 64.0 Å². The third-order valence-electron chi connectivity index (χ3n) is 5.77. The van der Waals surface area contributed by atoms with E-state index in [9.17, 15) is 9.59 Å². The first-order chi connectivity index (χ1) is 15.9. The molecule has 4 rings (SSSR count). The van der Waals surface area contributed by atoms with Crippen molar-refractivity contribution in [2.45, 2.75) is 27.3 Å². The van der Waals surface area contributed by atoms with Gasteiger partial charge in [0.25, 0.3) is 5.91 Å². The highest BCUT2D eigenvalue weighted by Gasteiger charge is 2.24. The largest absolute Gasteiger partial charge is 0.338 e. The number of nitrogens with one attached hydrogen (secondary N) is 1. The first kappa shape index (κ1) is 22.5. The fraction of sp³-hybridized carbons (Fsp3) is 0.148. The van der Waals surface area contributed by atoms with Gasteiger partial charge in [0.1, 0.15) is 5.56 Å². The highest BCUT2D eigenvalue weighted by molar-refractivity contribution is 6.33. The molecule has 0 aliphatic carbocycles. The van der Waals surface area contributed by atoms with E-state index in [2.05, 4.69) is 10.3 Å². The van der Waals surface area contributed by atoms with Gasteiger partial charge in [-0.2, -0.15) is 0 Å². The fourth-order valence-electron chi connectivity index (χ4n) is 3.85. The summed E-state index contributed by atoms with van der Waals surface area (Å²) in [6.45, 7) is 6.15. The molecule has 1 N–H and O–H groups in total. The van der Waals surface area contributed by atoms with Gasteiger partial charge in [-0.15, -0.1) is 0 Å². The molecular formula is C27H24ClN3O2. The predicted octanol–water partition coefficient (Wildman–Crippen LogP) is 5.79. The number of hydrogen-bond acceptors (Lipinski definition) is 3. The van der Waals surface area contributed by atoms with Crippen molar-refractivity contribution in [2.75, 3.05) is 5.32 Å². The van der Waals surface area contributed by atoms with E-state index in [1.54, 1.807) is 12.3 Å². The highest BCUT2D eigenvalue weighted by Crippen LogP contribution is 2.31. The van der Waals surface area contributed by atoms with Gasteiger partial charge in [0.15, 0.2) is 5.43 Å². The van der Waals surface area contributed by atoms with Crippen molar-refractivity contribution in [3.05, 3.63) is 116 Å². The Balaban J connectivity index is 1.93. The van der Waals surface area contributed by atoms with Crippen LogP contribution in [0.4, 0.5) is 5.69 Å². The number of aryl methyl sites for hydroxylation is 2. The normalized spacial score (nSPS) is 10.8. The third-order valence-corrected chi connectivity index (χ3v) is 6.10. The van der Waals surface area contributed by atoms with Crippen LogP contribution < -0.4 is 10.7 Å². The molecule has 0 bridgehead atoms. The molecular weight excluding hydrogens is 434 g/mol. The van der Waals surface area contributed by atoms with Crippen molar-refractivity contribution < 1.29 is 4.79 Å². The maximum atomic E-state index is 13.5. The van der Waals surface area contributed by atoms with E-state index in [1.165, 1.54) is 6.07 Å². The average molecular weight is 458 g/mol. The summed E-state index contributed by atoms with van der Waals surface area (Å²) in [5.74, 6) is -0.474. The molecule has 0 spiro atoms. The van der Waals surface area contributed by atoms with Crippen LogP contribution in [0.3, 0.4) is 0 Å². The lowest BCUT2D eigenvalue weighted by Crippen LogP contribution is -2.27. The molecule has 0 unspecified atom stereocenters. The first-order valence-corrected chi connectivity index (χ1v) is 11.0. The summed E-state index contributed by atoms with van der Waals surface area (Å²) >= 11 is 6.56. The number of carbonyl (C=O) groups excluding carboxylic acids is 1. The molecule has 2 aromatic heterocycles. The highest BCUT2D eigenvalue weighted by atomic mass is 35.5. The number of aromatic nitrogens is 2. The molecule has 4 aromatic rings. The summed E-state index contributed by atoms with van der Waals surface area (Å²) in [7, 11) is 0. The van der Waals surface area contributed by atoms with E-state index < -0.39 is 5.91 Å². The van der Waals surface area contributed by atoms with E-state index in [1.807, 2.05) is 79.9 Å². The summed E-state index contributed by atoms with van der Waals surface area (Å²) < 4.78 is 1.92. The van der Waals surface area contributed by atoms with Gasteiger partial charge in [-0.25, -0.2) is 0 Å². The summed E-state index contributed by atoms with van der Waals surface area (Å²) in [4.78, 5) is 31.2. The van der Waals surface area contributed by atoms with Crippen LogP contribution in [0.2, 0.25) is 5.02 Å². The van der Waals surface area contributed by atoms with E-state index in [0.717, 1.165) is 16.8 Å². The maximum absolute atomic E-state index is 13.5. The number of carbonyl (C=O) groups is 1. The molecule has 166 valence electrons. The average Bonchev–Trinajstić information content (AvgIpc) is 2.79. The Morgan fingerprint density at radius 3 is 2.48 bits per heavy atom. The van der Waals surface area contributed by atoms with Crippen LogP contribution in [0, 0.1) is 20.8 Å². The molecule has 6 heteroatoms. The van der Waals surface area contributed by atoms with Crippen LogP contribution in [0.25, 0.3) is 11.3 Å². The van der Waals surface area contributed by atoms with Gasteiger partial charge in [-0.05, 0) is 56.2 Å². The van der Waals surface area contributed by atoms with Gasteiger partial charge in [0.05, 0.1) is 17.9 Å². The van der Waals surface area contributed by atoms with Crippen molar-refractivity contribution in [1.29, 1.82) is 0 Å². The minimum atomic E-state index is -0.474. The molecule has 1 amide bonds. The van der Waals surface area contributed by atoms with Crippen LogP contribution in [-0.4, -0.2) is 15.5 Å². The number of nitrogens with zero attached hydrogens (tertiary/aromatic N) is 2. The van der Waals surface area contributed by atoms with Gasteiger partial charge in [0, 0.05) is 34.2 Å². The molecule has 0 atom stereocenters. The Morgan fingerprint density at radius 2 is 1.76 bits per heavy atom. The molecule has 0 fully saturated rings. The van der Waals surface area contributed by atoms with Crippen LogP contribution in [0.15, 0.2) is 77.7 Å². The third kappa shape index (κ3) is 4.59. The van der Waals surface area contributed by atoms with Crippen LogP contribution in [-0.2, 0) is 6.54 Å². The fourth-order valence-corrected chi connectivity index (χ4v) is 4.07. The van der Waals surface area contributed by atoms with E-state index in [-0.39, 0.29) is 11.0 Å². The van der Waals surface area contributed by atoms with Crippen molar-refractivity contribution in [2.24, 2.45) is 0 Å². The number of anilines is 1. The van der Waals surface area contributed by atoms with Gasteiger partial charge in [0.2, 0.25) is 0 Å². The predicted molar refractivity (Wildman–Crippen MR) is 133 cm³/mol. The van der Waals surface area contributed by atoms with Crippen molar-refractivity contribution in [1.82, 2.24) is 9.55 Å². The smallest absolute Gasteiger partial charge is 0.261 e. The zero-order valence-electron chi connectivity index (χ0n) is 18.7. The molecule has 5 nitrogen and oxygen atoms in total. The molecule has 0 aliphatic heterocycles. The standard InChI is InChI=1S/C27H24ClN3O2/c1-17-9-8-13-23(19(17)3)30-27(33)25-24(32)15-18(2)31(16-20-10-6-7-14-29-20)26(25)21-11-4-5-12-22(21)28/h4-15H,16H2,1-3H3,(H,30,33). The van der Waals surface area contributed by atoms with Crippen LogP contribution in [0.5, 0.6) is 0 Å². The summed E-state index contributed by atoms with van der Waals surface area (Å²) in [6, 6.07) is 20.1. The molecule has 0 saturated carbocycles. The number of rotatable bonds is 5. The summed E-state index contributed by atoms with van der Waals surface area (Å²) in [5, 5.41) is 3.39. The van der Waals surface area contributed by atoms with E-state index in [4.69, 9.17) is 11.6 Å². The van der Waals surface area contributed by atoms with E-state index >= 15 is 0 Å². The Morgan fingerprint density at radius 1 is 1.00 bits per heavy atom. The van der Waals surface area contributed by atoms with Crippen LogP contribution in [0.1, 0.15) is 32.9 Å². The zero-order valence-corrected chi connectivity index (χ0v) is 19.5. The quantitative estimate of drug-likeness (QED) is 0.412.